The number of benzene rings is 2. The quantitative estimate of drug-likeness (QED) is 0.386. The van der Waals surface area contributed by atoms with E-state index in [0.29, 0.717) is 11.1 Å². The summed E-state index contributed by atoms with van der Waals surface area (Å²) in [5.74, 6) is 0. The van der Waals surface area contributed by atoms with Gasteiger partial charge < -0.3 is 0 Å². The highest BCUT2D eigenvalue weighted by atomic mass is 16.6. The van der Waals surface area contributed by atoms with E-state index < -0.39 is 16.2 Å². The maximum absolute atomic E-state index is 13.2. The average Bonchev–Trinajstić information content (AvgIpc) is 2.75. The molecule has 0 aliphatic rings. The van der Waals surface area contributed by atoms with Crippen molar-refractivity contribution < 1.29 is 4.92 Å². The molecule has 8 heteroatoms. The predicted octanol–water partition coefficient (Wildman–Crippen LogP) is 2.56. The Bertz CT molecular complexity index is 1310. The Kier molecular flexibility index (Phi) is 4.74. The van der Waals surface area contributed by atoms with Crippen LogP contribution in [-0.4, -0.2) is 19.0 Å². The van der Waals surface area contributed by atoms with Gasteiger partial charge >= 0.3 is 5.69 Å². The number of nitro benzene ring substituents is 1. The number of hydrogen-bond donors (Lipinski definition) is 0. The summed E-state index contributed by atoms with van der Waals surface area (Å²) in [7, 11) is 0. The third kappa shape index (κ3) is 3.55. The topological polar surface area (TPSA) is 100 Å². The fourth-order valence-corrected chi connectivity index (χ4v) is 3.21. The van der Waals surface area contributed by atoms with Crippen LogP contribution in [0.5, 0.6) is 0 Å². The minimum absolute atomic E-state index is 0.0262. The summed E-state index contributed by atoms with van der Waals surface area (Å²) in [5, 5.41) is 10.9. The zero-order chi connectivity index (χ0) is 20.4. The number of aromatic nitrogens is 3. The van der Waals surface area contributed by atoms with E-state index in [1.807, 2.05) is 30.3 Å². The van der Waals surface area contributed by atoms with Crippen LogP contribution in [0.4, 0.5) is 5.69 Å². The summed E-state index contributed by atoms with van der Waals surface area (Å²) >= 11 is 0. The second-order valence-electron chi connectivity index (χ2n) is 6.54. The first-order valence-electron chi connectivity index (χ1n) is 8.90. The van der Waals surface area contributed by atoms with E-state index in [0.717, 1.165) is 10.1 Å². The Morgan fingerprint density at radius 1 is 0.828 bits per heavy atom. The smallest absolute Gasteiger partial charge is 0.287 e. The van der Waals surface area contributed by atoms with E-state index >= 15 is 0 Å². The largest absolute Gasteiger partial charge is 0.332 e. The fourth-order valence-electron chi connectivity index (χ4n) is 3.21. The van der Waals surface area contributed by atoms with Gasteiger partial charge in [0.1, 0.15) is 0 Å². The van der Waals surface area contributed by atoms with Crippen LogP contribution in [0.15, 0.2) is 82.5 Å². The number of pyridine rings is 1. The maximum Gasteiger partial charge on any atom is 0.332 e. The van der Waals surface area contributed by atoms with Crippen LogP contribution in [0.1, 0.15) is 11.1 Å². The van der Waals surface area contributed by atoms with Crippen molar-refractivity contribution in [2.24, 2.45) is 0 Å². The molecule has 0 spiro atoms. The molecule has 0 atom stereocenters. The Balaban J connectivity index is 1.85. The van der Waals surface area contributed by atoms with Crippen molar-refractivity contribution in [2.75, 3.05) is 0 Å². The monoisotopic (exact) mass is 388 g/mol. The van der Waals surface area contributed by atoms with Gasteiger partial charge in [0, 0.05) is 18.3 Å². The van der Waals surface area contributed by atoms with Crippen LogP contribution in [0.2, 0.25) is 0 Å². The first-order valence-corrected chi connectivity index (χ1v) is 8.90. The van der Waals surface area contributed by atoms with Crippen molar-refractivity contribution in [3.63, 3.8) is 0 Å². The molecule has 0 radical (unpaired) electrons. The lowest BCUT2D eigenvalue weighted by molar-refractivity contribution is -0.384. The molecular weight excluding hydrogens is 372 g/mol. The van der Waals surface area contributed by atoms with Gasteiger partial charge in [0.25, 0.3) is 11.2 Å². The van der Waals surface area contributed by atoms with E-state index in [2.05, 4.69) is 4.98 Å². The van der Waals surface area contributed by atoms with Crippen molar-refractivity contribution in [1.29, 1.82) is 0 Å². The molecular formula is C21H16N4O4. The van der Waals surface area contributed by atoms with Gasteiger partial charge in [-0.2, -0.15) is 0 Å². The molecule has 0 amide bonds. The van der Waals surface area contributed by atoms with Crippen LogP contribution in [0, 0.1) is 10.1 Å². The predicted molar refractivity (Wildman–Crippen MR) is 108 cm³/mol. The number of hydrogen-bond acceptors (Lipinski definition) is 5. The fraction of sp³-hybridized carbons (Fsp3) is 0.0952. The Morgan fingerprint density at radius 2 is 1.48 bits per heavy atom. The molecule has 0 bridgehead atoms. The van der Waals surface area contributed by atoms with E-state index in [4.69, 9.17) is 0 Å². The summed E-state index contributed by atoms with van der Waals surface area (Å²) in [4.78, 5) is 40.6. The maximum atomic E-state index is 13.2. The number of non-ortho nitro benzene ring substituents is 1. The molecule has 4 rings (SSSR count). The van der Waals surface area contributed by atoms with Gasteiger partial charge in [-0.25, -0.2) is 9.78 Å². The molecule has 4 aromatic rings. The minimum Gasteiger partial charge on any atom is -0.287 e. The Hall–Kier alpha value is -4.07. The summed E-state index contributed by atoms with van der Waals surface area (Å²) in [6, 6.07) is 18.5. The summed E-state index contributed by atoms with van der Waals surface area (Å²) in [6.45, 7) is 0.291. The number of nitro groups is 1. The lowest BCUT2D eigenvalue weighted by atomic mass is 10.2. The molecule has 144 valence electrons. The van der Waals surface area contributed by atoms with E-state index in [9.17, 15) is 19.7 Å². The van der Waals surface area contributed by atoms with Gasteiger partial charge in [0.2, 0.25) is 0 Å². The van der Waals surface area contributed by atoms with Crippen LogP contribution in [-0.2, 0) is 13.1 Å². The lowest BCUT2D eigenvalue weighted by Crippen LogP contribution is -2.40. The molecule has 8 nitrogen and oxygen atoms in total. The lowest BCUT2D eigenvalue weighted by Gasteiger charge is -2.14. The van der Waals surface area contributed by atoms with Gasteiger partial charge in [-0.3, -0.25) is 24.0 Å². The van der Waals surface area contributed by atoms with E-state index in [1.54, 1.807) is 24.3 Å². The Labute approximate surface area is 164 Å². The van der Waals surface area contributed by atoms with Crippen LogP contribution < -0.4 is 11.2 Å². The van der Waals surface area contributed by atoms with Crippen molar-refractivity contribution >= 4 is 16.7 Å². The highest BCUT2D eigenvalue weighted by molar-refractivity contribution is 5.73. The second kappa shape index (κ2) is 7.51. The zero-order valence-electron chi connectivity index (χ0n) is 15.3. The SMILES string of the molecule is O=c1c2ncccc2n(Cc2ccc([N+](=O)[O-])cc2)c(=O)n1Cc1ccccc1. The zero-order valence-corrected chi connectivity index (χ0v) is 15.3. The summed E-state index contributed by atoms with van der Waals surface area (Å²) in [6.07, 6.45) is 1.51. The molecule has 0 saturated carbocycles. The highest BCUT2D eigenvalue weighted by Crippen LogP contribution is 2.14. The molecule has 2 heterocycles. The van der Waals surface area contributed by atoms with Crippen molar-refractivity contribution in [3.05, 3.63) is 115 Å². The van der Waals surface area contributed by atoms with Crippen LogP contribution in [0.25, 0.3) is 11.0 Å². The highest BCUT2D eigenvalue weighted by Gasteiger charge is 2.15. The van der Waals surface area contributed by atoms with Crippen molar-refractivity contribution in [3.8, 4) is 0 Å². The molecule has 0 aliphatic carbocycles. The summed E-state index contributed by atoms with van der Waals surface area (Å²) in [5.41, 5.74) is 1.21. The number of fused-ring (bicyclic) bond motifs is 1. The third-order valence-corrected chi connectivity index (χ3v) is 4.66. The van der Waals surface area contributed by atoms with Crippen molar-refractivity contribution in [2.45, 2.75) is 13.1 Å². The molecule has 0 saturated heterocycles. The average molecular weight is 388 g/mol. The molecule has 0 fully saturated rings. The van der Waals surface area contributed by atoms with Gasteiger partial charge in [0.05, 0.1) is 23.5 Å². The first-order chi connectivity index (χ1) is 14.0. The Morgan fingerprint density at radius 3 is 2.17 bits per heavy atom. The standard InChI is InChI=1S/C21H16N4O4/c26-20-19-18(7-4-12-22-19)23(13-16-8-10-17(11-9-16)25(28)29)21(27)24(20)14-15-5-2-1-3-6-15/h1-12H,13-14H2. The van der Waals surface area contributed by atoms with Gasteiger partial charge in [-0.15, -0.1) is 0 Å². The second-order valence-corrected chi connectivity index (χ2v) is 6.54. The number of nitrogens with zero attached hydrogens (tertiary/aromatic N) is 4. The molecule has 2 aromatic heterocycles. The molecule has 0 unspecified atom stereocenters. The van der Waals surface area contributed by atoms with Gasteiger partial charge in [0.15, 0.2) is 5.52 Å². The first kappa shape index (κ1) is 18.3. The number of rotatable bonds is 5. The minimum atomic E-state index is -0.477. The molecule has 2 aromatic carbocycles. The van der Waals surface area contributed by atoms with E-state index in [-0.39, 0.29) is 24.3 Å². The summed E-state index contributed by atoms with van der Waals surface area (Å²) < 4.78 is 2.63. The van der Waals surface area contributed by atoms with Gasteiger partial charge in [-0.1, -0.05) is 42.5 Å². The molecule has 0 N–H and O–H groups in total. The normalized spacial score (nSPS) is 10.9. The third-order valence-electron chi connectivity index (χ3n) is 4.66. The molecule has 29 heavy (non-hydrogen) atoms. The van der Waals surface area contributed by atoms with Gasteiger partial charge in [-0.05, 0) is 23.3 Å². The van der Waals surface area contributed by atoms with Crippen LogP contribution >= 0.6 is 0 Å². The van der Waals surface area contributed by atoms with E-state index in [1.165, 1.54) is 22.9 Å². The van der Waals surface area contributed by atoms with Crippen molar-refractivity contribution in [1.82, 2.24) is 14.1 Å². The van der Waals surface area contributed by atoms with Crippen LogP contribution in [0.3, 0.4) is 0 Å². The molecule has 0 aliphatic heterocycles.